The molecule has 2 aliphatic rings. The summed E-state index contributed by atoms with van der Waals surface area (Å²) in [5, 5.41) is 0. The van der Waals surface area contributed by atoms with E-state index in [2.05, 4.69) is 46.1 Å². The first-order chi connectivity index (χ1) is 12.3. The molecule has 0 N–H and O–H groups in total. The van der Waals surface area contributed by atoms with E-state index in [1.807, 2.05) is 5.51 Å². The van der Waals surface area contributed by atoms with Crippen LogP contribution in [-0.2, 0) is 4.74 Å². The fourth-order valence-electron chi connectivity index (χ4n) is 3.28. The maximum atomic E-state index is 5.29. The fourth-order valence-corrected chi connectivity index (χ4v) is 5.19. The van der Waals surface area contributed by atoms with Gasteiger partial charge in [0, 0.05) is 44.3 Å². The van der Waals surface area contributed by atoms with Gasteiger partial charge in [0.25, 0.3) is 0 Å². The van der Waals surface area contributed by atoms with Gasteiger partial charge in [0.2, 0.25) is 0 Å². The Kier molecular flexibility index (Phi) is 5.08. The van der Waals surface area contributed by atoms with Crippen molar-refractivity contribution in [2.45, 2.75) is 21.6 Å². The maximum absolute atomic E-state index is 5.29. The largest absolute Gasteiger partial charge is 0.385 e. The summed E-state index contributed by atoms with van der Waals surface area (Å²) < 4.78 is 6.53. The molecule has 1 aromatic carbocycles. The molecule has 1 aromatic heterocycles. The third-order valence-corrected chi connectivity index (χ3v) is 6.87. The number of rotatable bonds is 3. The summed E-state index contributed by atoms with van der Waals surface area (Å²) in [7, 11) is 3.97. The van der Waals surface area contributed by atoms with Gasteiger partial charge in [-0.15, -0.1) is 11.3 Å². The van der Waals surface area contributed by atoms with Gasteiger partial charge < -0.3 is 9.64 Å². The summed E-state index contributed by atoms with van der Waals surface area (Å²) in [6.45, 7) is 3.75. The van der Waals surface area contributed by atoms with Gasteiger partial charge in [-0.05, 0) is 25.6 Å². The second-order valence-corrected chi connectivity index (χ2v) is 8.52. The van der Waals surface area contributed by atoms with E-state index in [0.717, 1.165) is 49.9 Å². The van der Waals surface area contributed by atoms with Crippen molar-refractivity contribution in [2.24, 2.45) is 4.99 Å². The highest BCUT2D eigenvalue weighted by Crippen LogP contribution is 2.42. The maximum Gasteiger partial charge on any atom is 0.157 e. The molecule has 25 heavy (non-hydrogen) atoms. The van der Waals surface area contributed by atoms with Gasteiger partial charge in [-0.3, -0.25) is 4.90 Å². The normalized spacial score (nSPS) is 20.6. The molecular weight excluding hydrogens is 352 g/mol. The lowest BCUT2D eigenvalue weighted by atomic mass is 10.1. The summed E-state index contributed by atoms with van der Waals surface area (Å²) in [6, 6.07) is 8.84. The Balaban J connectivity index is 1.67. The van der Waals surface area contributed by atoms with Crippen LogP contribution < -0.4 is 0 Å². The SMILES string of the molecule is COCCC1CN(C2=Nc3ccccc3Sc3scnc32)CCN1C. The van der Waals surface area contributed by atoms with E-state index in [1.165, 1.54) is 9.10 Å². The zero-order valence-corrected chi connectivity index (χ0v) is 16.1. The van der Waals surface area contributed by atoms with Gasteiger partial charge in [-0.2, -0.15) is 0 Å². The van der Waals surface area contributed by atoms with Crippen LogP contribution in [0.5, 0.6) is 0 Å². The number of para-hydroxylation sites is 1. The van der Waals surface area contributed by atoms with Gasteiger partial charge in [0.05, 0.1) is 15.4 Å². The number of nitrogens with zero attached hydrogens (tertiary/aromatic N) is 4. The Morgan fingerprint density at radius 2 is 2.16 bits per heavy atom. The van der Waals surface area contributed by atoms with Gasteiger partial charge in [-0.1, -0.05) is 23.9 Å². The van der Waals surface area contributed by atoms with Gasteiger partial charge in [0.1, 0.15) is 5.69 Å². The molecule has 5 nitrogen and oxygen atoms in total. The Hall–Kier alpha value is -1.41. The van der Waals surface area contributed by atoms with Crippen molar-refractivity contribution in [3.63, 3.8) is 0 Å². The lowest BCUT2D eigenvalue weighted by Crippen LogP contribution is -2.53. The van der Waals surface area contributed by atoms with E-state index in [9.17, 15) is 0 Å². The number of likely N-dealkylation sites (N-methyl/N-ethyl adjacent to an activating group) is 1. The summed E-state index contributed by atoms with van der Waals surface area (Å²) in [6.07, 6.45) is 1.03. The summed E-state index contributed by atoms with van der Waals surface area (Å²) in [5.41, 5.74) is 4.00. The molecule has 2 aliphatic heterocycles. The molecule has 0 aliphatic carbocycles. The topological polar surface area (TPSA) is 41.0 Å². The molecule has 0 bridgehead atoms. The van der Waals surface area contributed by atoms with Crippen molar-refractivity contribution in [3.8, 4) is 0 Å². The fraction of sp³-hybridized carbons (Fsp3) is 0.444. The van der Waals surface area contributed by atoms with Crippen molar-refractivity contribution in [1.29, 1.82) is 0 Å². The Morgan fingerprint density at radius 1 is 1.28 bits per heavy atom. The number of hydrogen-bond acceptors (Lipinski definition) is 7. The van der Waals surface area contributed by atoms with Gasteiger partial charge in [-0.25, -0.2) is 9.98 Å². The van der Waals surface area contributed by atoms with Crippen LogP contribution in [-0.4, -0.2) is 67.1 Å². The molecule has 3 heterocycles. The van der Waals surface area contributed by atoms with E-state index in [-0.39, 0.29) is 0 Å². The van der Waals surface area contributed by atoms with E-state index >= 15 is 0 Å². The number of piperazine rings is 1. The van der Waals surface area contributed by atoms with Crippen molar-refractivity contribution in [3.05, 3.63) is 35.5 Å². The molecule has 0 amide bonds. The molecule has 0 saturated carbocycles. The van der Waals surface area contributed by atoms with Crippen LogP contribution in [0.25, 0.3) is 0 Å². The first-order valence-corrected chi connectivity index (χ1v) is 10.2. The summed E-state index contributed by atoms with van der Waals surface area (Å²) in [4.78, 5) is 15.7. The second kappa shape index (κ2) is 7.45. The average molecular weight is 375 g/mol. The van der Waals surface area contributed by atoms with E-state index in [0.29, 0.717) is 6.04 Å². The summed E-state index contributed by atoms with van der Waals surface area (Å²) in [5.74, 6) is 1.02. The third-order valence-electron chi connectivity index (χ3n) is 4.77. The number of ether oxygens (including phenoxy) is 1. The highest BCUT2D eigenvalue weighted by Gasteiger charge is 2.30. The Bertz CT molecular complexity index is 776. The minimum Gasteiger partial charge on any atom is -0.385 e. The number of aromatic nitrogens is 1. The van der Waals surface area contributed by atoms with Gasteiger partial charge >= 0.3 is 0 Å². The predicted molar refractivity (Wildman–Crippen MR) is 103 cm³/mol. The molecule has 1 unspecified atom stereocenters. The van der Waals surface area contributed by atoms with Crippen LogP contribution in [0.4, 0.5) is 5.69 Å². The van der Waals surface area contributed by atoms with Crippen molar-refractivity contribution >= 4 is 34.6 Å². The zero-order valence-electron chi connectivity index (χ0n) is 14.5. The average Bonchev–Trinajstić information content (AvgIpc) is 3.02. The number of amidine groups is 1. The van der Waals surface area contributed by atoms with E-state index in [1.54, 1.807) is 30.2 Å². The molecule has 4 rings (SSSR count). The molecule has 2 aromatic rings. The quantitative estimate of drug-likeness (QED) is 0.824. The molecule has 1 atom stereocenters. The van der Waals surface area contributed by atoms with Crippen molar-refractivity contribution < 1.29 is 4.74 Å². The van der Waals surface area contributed by atoms with Crippen LogP contribution in [0.15, 0.2) is 43.9 Å². The van der Waals surface area contributed by atoms with E-state index < -0.39 is 0 Å². The van der Waals surface area contributed by atoms with Crippen LogP contribution in [0.2, 0.25) is 0 Å². The minimum atomic E-state index is 0.477. The number of methoxy groups -OCH3 is 1. The number of benzene rings is 1. The number of hydrogen-bond donors (Lipinski definition) is 0. The number of thiazole rings is 1. The lowest BCUT2D eigenvalue weighted by Gasteiger charge is -2.40. The summed E-state index contributed by atoms with van der Waals surface area (Å²) >= 11 is 3.48. The standard InChI is InChI=1S/C18H22N4OS2/c1-21-8-9-22(11-13(21)7-10-23-2)17-16-18(24-12-19-16)25-15-6-4-3-5-14(15)20-17/h3-6,12-13H,7-11H2,1-2H3. The van der Waals surface area contributed by atoms with Crippen LogP contribution in [0.1, 0.15) is 12.1 Å². The molecule has 1 saturated heterocycles. The Labute approximate surface area is 156 Å². The Morgan fingerprint density at radius 3 is 3.04 bits per heavy atom. The highest BCUT2D eigenvalue weighted by molar-refractivity contribution is 8.01. The van der Waals surface area contributed by atoms with Crippen LogP contribution in [0.3, 0.4) is 0 Å². The van der Waals surface area contributed by atoms with Crippen LogP contribution >= 0.6 is 23.1 Å². The van der Waals surface area contributed by atoms with Crippen LogP contribution in [0, 0.1) is 0 Å². The van der Waals surface area contributed by atoms with Gasteiger partial charge in [0.15, 0.2) is 5.84 Å². The smallest absolute Gasteiger partial charge is 0.157 e. The van der Waals surface area contributed by atoms with Crippen molar-refractivity contribution in [1.82, 2.24) is 14.8 Å². The highest BCUT2D eigenvalue weighted by atomic mass is 32.2. The number of fused-ring (bicyclic) bond motifs is 2. The molecule has 132 valence electrons. The number of aliphatic imine (C=N–C) groups is 1. The molecule has 1 fully saturated rings. The predicted octanol–water partition coefficient (Wildman–Crippen LogP) is 3.34. The zero-order chi connectivity index (χ0) is 17.2. The minimum absolute atomic E-state index is 0.477. The molecular formula is C18H22N4OS2. The van der Waals surface area contributed by atoms with E-state index in [4.69, 9.17) is 9.73 Å². The first kappa shape index (κ1) is 17.0. The molecule has 0 spiro atoms. The monoisotopic (exact) mass is 374 g/mol. The third kappa shape index (κ3) is 3.46. The second-order valence-electron chi connectivity index (χ2n) is 6.36. The lowest BCUT2D eigenvalue weighted by molar-refractivity contribution is 0.100. The van der Waals surface area contributed by atoms with Crippen molar-refractivity contribution in [2.75, 3.05) is 40.4 Å². The molecule has 7 heteroatoms. The first-order valence-electron chi connectivity index (χ1n) is 8.50. The molecule has 0 radical (unpaired) electrons.